The molecular weight excluding hydrogens is 364 g/mol. The van der Waals surface area contributed by atoms with Crippen LogP contribution >= 0.6 is 11.3 Å². The topological polar surface area (TPSA) is 32.3 Å². The van der Waals surface area contributed by atoms with Gasteiger partial charge in [-0.1, -0.05) is 55.3 Å². The van der Waals surface area contributed by atoms with Crippen LogP contribution in [0.4, 0.5) is 0 Å². The second-order valence-corrected chi connectivity index (χ2v) is 8.42. The van der Waals surface area contributed by atoms with E-state index in [9.17, 15) is 4.79 Å². The van der Waals surface area contributed by atoms with Crippen molar-refractivity contribution in [3.05, 3.63) is 70.4 Å². The van der Waals surface area contributed by atoms with Crippen molar-refractivity contribution in [2.75, 3.05) is 19.6 Å². The summed E-state index contributed by atoms with van der Waals surface area (Å²) in [5, 5.41) is 9.95. The maximum atomic E-state index is 12.8. The standard InChI is InChI=1S/C24H28N2OS/c27-24(16-20-10-7-9-19-8-3-4-11-22(19)20)25-17-23(21-12-15-28-18-21)26-13-5-1-2-6-14-26/h3-4,7-12,15,18,23H,1-2,5-6,13-14,16-17H2,(H,25,27). The van der Waals surface area contributed by atoms with Crippen molar-refractivity contribution in [2.45, 2.75) is 38.1 Å². The van der Waals surface area contributed by atoms with Crippen molar-refractivity contribution in [2.24, 2.45) is 0 Å². The summed E-state index contributed by atoms with van der Waals surface area (Å²) in [5.41, 5.74) is 2.43. The summed E-state index contributed by atoms with van der Waals surface area (Å²) in [6.45, 7) is 2.93. The van der Waals surface area contributed by atoms with Crippen LogP contribution in [0.1, 0.15) is 42.9 Å². The van der Waals surface area contributed by atoms with Gasteiger partial charge in [0.15, 0.2) is 0 Å². The first-order chi connectivity index (χ1) is 13.8. The molecule has 1 saturated heterocycles. The van der Waals surface area contributed by atoms with Crippen molar-refractivity contribution < 1.29 is 4.79 Å². The van der Waals surface area contributed by atoms with Crippen LogP contribution < -0.4 is 5.32 Å². The van der Waals surface area contributed by atoms with Gasteiger partial charge in [0.25, 0.3) is 0 Å². The Kier molecular flexibility index (Phi) is 6.40. The van der Waals surface area contributed by atoms with E-state index in [1.54, 1.807) is 11.3 Å². The number of carbonyl (C=O) groups is 1. The fraction of sp³-hybridized carbons (Fsp3) is 0.375. The van der Waals surface area contributed by atoms with E-state index < -0.39 is 0 Å². The first-order valence-corrected chi connectivity index (χ1v) is 11.2. The summed E-state index contributed by atoms with van der Waals surface area (Å²) in [7, 11) is 0. The van der Waals surface area contributed by atoms with Crippen LogP contribution in [0.25, 0.3) is 10.8 Å². The van der Waals surface area contributed by atoms with Crippen LogP contribution in [0.2, 0.25) is 0 Å². The Morgan fingerprint density at radius 1 is 1.00 bits per heavy atom. The van der Waals surface area contributed by atoms with Gasteiger partial charge in [-0.05, 0) is 64.7 Å². The average molecular weight is 393 g/mol. The molecule has 4 heteroatoms. The Morgan fingerprint density at radius 3 is 2.57 bits per heavy atom. The van der Waals surface area contributed by atoms with E-state index in [1.807, 2.05) is 18.2 Å². The minimum atomic E-state index is 0.103. The lowest BCUT2D eigenvalue weighted by atomic mass is 10.0. The lowest BCUT2D eigenvalue weighted by Crippen LogP contribution is -2.39. The molecule has 2 heterocycles. The van der Waals surface area contributed by atoms with Crippen LogP contribution in [0.3, 0.4) is 0 Å². The van der Waals surface area contributed by atoms with E-state index >= 15 is 0 Å². The SMILES string of the molecule is O=C(Cc1cccc2ccccc12)NCC(c1ccsc1)N1CCCCCC1. The Balaban J connectivity index is 1.44. The van der Waals surface area contributed by atoms with Crippen molar-refractivity contribution in [1.29, 1.82) is 0 Å². The van der Waals surface area contributed by atoms with Crippen LogP contribution in [0, 0.1) is 0 Å². The lowest BCUT2D eigenvalue weighted by molar-refractivity contribution is -0.120. The van der Waals surface area contributed by atoms with Gasteiger partial charge in [0.2, 0.25) is 5.91 Å². The smallest absolute Gasteiger partial charge is 0.224 e. The molecule has 0 spiro atoms. The quantitative estimate of drug-likeness (QED) is 0.627. The van der Waals surface area contributed by atoms with Gasteiger partial charge >= 0.3 is 0 Å². The number of likely N-dealkylation sites (tertiary alicyclic amines) is 1. The number of amides is 1. The number of nitrogens with zero attached hydrogens (tertiary/aromatic N) is 1. The third-order valence-electron chi connectivity index (χ3n) is 5.73. The number of hydrogen-bond donors (Lipinski definition) is 1. The van der Waals surface area contributed by atoms with Crippen LogP contribution in [0.15, 0.2) is 59.3 Å². The predicted octanol–water partition coefficient (Wildman–Crippen LogP) is 5.18. The Bertz CT molecular complexity index is 893. The molecule has 1 aromatic heterocycles. The van der Waals surface area contributed by atoms with Crippen molar-refractivity contribution in [3.8, 4) is 0 Å². The molecule has 1 aliphatic rings. The Labute approximate surface area is 171 Å². The maximum absolute atomic E-state index is 12.8. The molecule has 1 amide bonds. The molecule has 0 radical (unpaired) electrons. The van der Waals surface area contributed by atoms with E-state index in [-0.39, 0.29) is 11.9 Å². The number of nitrogens with one attached hydrogen (secondary N) is 1. The zero-order valence-corrected chi connectivity index (χ0v) is 17.1. The minimum Gasteiger partial charge on any atom is -0.354 e. The number of fused-ring (bicyclic) bond motifs is 1. The van der Waals surface area contributed by atoms with Crippen molar-refractivity contribution in [3.63, 3.8) is 0 Å². The monoisotopic (exact) mass is 392 g/mol. The van der Waals surface area contributed by atoms with Gasteiger partial charge in [0.05, 0.1) is 12.5 Å². The molecule has 0 aliphatic carbocycles. The van der Waals surface area contributed by atoms with Crippen molar-refractivity contribution in [1.82, 2.24) is 10.2 Å². The number of hydrogen-bond acceptors (Lipinski definition) is 3. The second-order valence-electron chi connectivity index (χ2n) is 7.64. The van der Waals surface area contributed by atoms with Crippen molar-refractivity contribution >= 4 is 28.0 Å². The molecular formula is C24H28N2OS. The van der Waals surface area contributed by atoms with Gasteiger partial charge in [-0.15, -0.1) is 0 Å². The highest BCUT2D eigenvalue weighted by Gasteiger charge is 2.22. The molecule has 1 atom stereocenters. The predicted molar refractivity (Wildman–Crippen MR) is 118 cm³/mol. The fourth-order valence-corrected chi connectivity index (χ4v) is 4.93. The number of benzene rings is 2. The number of carbonyl (C=O) groups excluding carboxylic acids is 1. The number of thiophene rings is 1. The van der Waals surface area contributed by atoms with Crippen LogP contribution in [-0.2, 0) is 11.2 Å². The number of rotatable bonds is 6. The zero-order chi connectivity index (χ0) is 19.2. The molecule has 1 N–H and O–H groups in total. The molecule has 1 fully saturated rings. The maximum Gasteiger partial charge on any atom is 0.224 e. The van der Waals surface area contributed by atoms with Gasteiger partial charge in [-0.3, -0.25) is 9.69 Å². The summed E-state index contributed by atoms with van der Waals surface area (Å²) in [6.07, 6.45) is 5.58. The van der Waals surface area contributed by atoms with E-state index in [2.05, 4.69) is 51.3 Å². The third kappa shape index (κ3) is 4.62. The van der Waals surface area contributed by atoms with E-state index in [4.69, 9.17) is 0 Å². The highest BCUT2D eigenvalue weighted by molar-refractivity contribution is 7.07. The normalized spacial score (nSPS) is 16.6. The summed E-state index contributed by atoms with van der Waals surface area (Å²) < 4.78 is 0. The molecule has 1 unspecified atom stereocenters. The Hall–Kier alpha value is -2.17. The van der Waals surface area contributed by atoms with Gasteiger partial charge in [-0.25, -0.2) is 0 Å². The highest BCUT2D eigenvalue weighted by atomic mass is 32.1. The Morgan fingerprint density at radius 2 is 1.79 bits per heavy atom. The van der Waals surface area contributed by atoms with Crippen LogP contribution in [-0.4, -0.2) is 30.4 Å². The van der Waals surface area contributed by atoms with E-state index in [0.717, 1.165) is 18.7 Å². The second kappa shape index (κ2) is 9.35. The lowest BCUT2D eigenvalue weighted by Gasteiger charge is -2.30. The zero-order valence-electron chi connectivity index (χ0n) is 16.3. The molecule has 3 nitrogen and oxygen atoms in total. The van der Waals surface area contributed by atoms with E-state index in [1.165, 1.54) is 42.0 Å². The molecule has 4 rings (SSSR count). The van der Waals surface area contributed by atoms with Gasteiger partial charge in [0.1, 0.15) is 0 Å². The molecule has 1 aliphatic heterocycles. The summed E-state index contributed by atoms with van der Waals surface area (Å²) in [5.74, 6) is 0.103. The molecule has 28 heavy (non-hydrogen) atoms. The minimum absolute atomic E-state index is 0.103. The summed E-state index contributed by atoms with van der Waals surface area (Å²) in [4.78, 5) is 15.3. The third-order valence-corrected chi connectivity index (χ3v) is 6.43. The first kappa shape index (κ1) is 19.2. The summed E-state index contributed by atoms with van der Waals surface area (Å²) in [6, 6.07) is 17.0. The molecule has 0 bridgehead atoms. The van der Waals surface area contributed by atoms with Gasteiger partial charge < -0.3 is 5.32 Å². The molecule has 2 aromatic carbocycles. The first-order valence-electron chi connectivity index (χ1n) is 10.3. The van der Waals surface area contributed by atoms with E-state index in [0.29, 0.717) is 13.0 Å². The van der Waals surface area contributed by atoms with Gasteiger partial charge in [-0.2, -0.15) is 11.3 Å². The molecule has 0 saturated carbocycles. The largest absolute Gasteiger partial charge is 0.354 e. The van der Waals surface area contributed by atoms with Gasteiger partial charge in [0, 0.05) is 6.54 Å². The molecule has 146 valence electrons. The fourth-order valence-electron chi connectivity index (χ4n) is 4.22. The highest BCUT2D eigenvalue weighted by Crippen LogP contribution is 2.26. The average Bonchev–Trinajstić information content (AvgIpc) is 3.11. The van der Waals surface area contributed by atoms with Crippen LogP contribution in [0.5, 0.6) is 0 Å². The summed E-state index contributed by atoms with van der Waals surface area (Å²) >= 11 is 1.74. The molecule has 3 aromatic rings.